The van der Waals surface area contributed by atoms with Crippen LogP contribution < -0.4 is 10.2 Å². The molecular formula is C16H21FN2O. The third-order valence-electron chi connectivity index (χ3n) is 4.74. The molecule has 1 aliphatic carbocycles. The molecule has 0 aromatic heterocycles. The first kappa shape index (κ1) is 12.6. The van der Waals surface area contributed by atoms with E-state index >= 15 is 0 Å². The number of nitrogens with zero attached hydrogens (tertiary/aromatic N) is 1. The summed E-state index contributed by atoms with van der Waals surface area (Å²) in [5.74, 6) is -0.00743. The summed E-state index contributed by atoms with van der Waals surface area (Å²) < 4.78 is 20.2. The number of anilines is 1. The Morgan fingerprint density at radius 1 is 1.10 bits per heavy atom. The summed E-state index contributed by atoms with van der Waals surface area (Å²) in [5.41, 5.74) is 3.22. The lowest BCUT2D eigenvalue weighted by molar-refractivity contribution is -0.0484. The number of rotatable bonds is 1. The molecule has 2 aliphatic heterocycles. The van der Waals surface area contributed by atoms with Crippen molar-refractivity contribution >= 4 is 5.69 Å². The lowest BCUT2D eigenvalue weighted by Gasteiger charge is -2.43. The SMILES string of the molecule is Fc1cc(N2CC3CNCC(C2)O3)cc2c1CCCC2. The van der Waals surface area contributed by atoms with Gasteiger partial charge < -0.3 is 15.0 Å². The highest BCUT2D eigenvalue weighted by Gasteiger charge is 2.31. The maximum atomic E-state index is 14.3. The highest BCUT2D eigenvalue weighted by molar-refractivity contribution is 5.53. The van der Waals surface area contributed by atoms with Gasteiger partial charge in [-0.2, -0.15) is 0 Å². The smallest absolute Gasteiger partial charge is 0.128 e. The van der Waals surface area contributed by atoms with E-state index in [1.54, 1.807) is 6.07 Å². The molecule has 0 spiro atoms. The Balaban J connectivity index is 1.63. The largest absolute Gasteiger partial charge is 0.369 e. The van der Waals surface area contributed by atoms with E-state index in [1.165, 1.54) is 12.0 Å². The first-order chi connectivity index (χ1) is 9.79. The van der Waals surface area contributed by atoms with Gasteiger partial charge in [-0.1, -0.05) is 0 Å². The lowest BCUT2D eigenvalue weighted by Crippen LogP contribution is -2.58. The Morgan fingerprint density at radius 2 is 1.85 bits per heavy atom. The monoisotopic (exact) mass is 276 g/mol. The molecule has 1 aromatic carbocycles. The van der Waals surface area contributed by atoms with E-state index in [0.717, 1.165) is 56.7 Å². The van der Waals surface area contributed by atoms with E-state index < -0.39 is 0 Å². The summed E-state index contributed by atoms with van der Waals surface area (Å²) in [5, 5.41) is 3.39. The molecule has 1 N–H and O–H groups in total. The first-order valence-corrected chi connectivity index (χ1v) is 7.72. The molecular weight excluding hydrogens is 255 g/mol. The Bertz CT molecular complexity index is 507. The van der Waals surface area contributed by atoms with Crippen LogP contribution in [0, 0.1) is 5.82 Å². The van der Waals surface area contributed by atoms with Crippen molar-refractivity contribution in [2.24, 2.45) is 0 Å². The number of nitrogens with one attached hydrogen (secondary N) is 1. The van der Waals surface area contributed by atoms with E-state index in [1.807, 2.05) is 0 Å². The van der Waals surface area contributed by atoms with Gasteiger partial charge in [0.25, 0.3) is 0 Å². The summed E-state index contributed by atoms with van der Waals surface area (Å²) in [7, 11) is 0. The van der Waals surface area contributed by atoms with Crippen LogP contribution >= 0.6 is 0 Å². The first-order valence-electron chi connectivity index (χ1n) is 7.72. The maximum Gasteiger partial charge on any atom is 0.128 e. The number of ether oxygens (including phenoxy) is 1. The van der Waals surface area contributed by atoms with Crippen LogP contribution in [0.25, 0.3) is 0 Å². The van der Waals surface area contributed by atoms with Crippen molar-refractivity contribution in [3.8, 4) is 0 Å². The fraction of sp³-hybridized carbons (Fsp3) is 0.625. The molecule has 2 unspecified atom stereocenters. The van der Waals surface area contributed by atoms with Crippen LogP contribution in [0.3, 0.4) is 0 Å². The van der Waals surface area contributed by atoms with Crippen LogP contribution in [-0.4, -0.2) is 38.4 Å². The highest BCUT2D eigenvalue weighted by Crippen LogP contribution is 2.30. The summed E-state index contributed by atoms with van der Waals surface area (Å²) in [6.45, 7) is 3.53. The standard InChI is InChI=1S/C16H21FN2O/c17-16-6-12(5-11-3-1-2-4-15(11)16)19-9-13-7-18-8-14(10-19)20-13/h5-6,13-14,18H,1-4,7-10H2. The van der Waals surface area contributed by atoms with Gasteiger partial charge >= 0.3 is 0 Å². The molecule has 2 heterocycles. The average Bonchev–Trinajstić information content (AvgIpc) is 2.47. The van der Waals surface area contributed by atoms with Crippen molar-refractivity contribution in [2.75, 3.05) is 31.1 Å². The van der Waals surface area contributed by atoms with Gasteiger partial charge in [-0.15, -0.1) is 0 Å². The zero-order valence-corrected chi connectivity index (χ0v) is 11.7. The van der Waals surface area contributed by atoms with Crippen LogP contribution in [0.2, 0.25) is 0 Å². The highest BCUT2D eigenvalue weighted by atomic mass is 19.1. The van der Waals surface area contributed by atoms with E-state index in [2.05, 4.69) is 16.3 Å². The molecule has 4 heteroatoms. The van der Waals surface area contributed by atoms with E-state index in [4.69, 9.17) is 4.74 Å². The molecule has 0 amide bonds. The average molecular weight is 276 g/mol. The van der Waals surface area contributed by atoms with Crippen LogP contribution in [0.4, 0.5) is 10.1 Å². The molecule has 2 saturated heterocycles. The minimum Gasteiger partial charge on any atom is -0.369 e. The third-order valence-corrected chi connectivity index (χ3v) is 4.74. The molecule has 4 rings (SSSR count). The molecule has 1 aromatic rings. The van der Waals surface area contributed by atoms with Crippen molar-refractivity contribution < 1.29 is 9.13 Å². The van der Waals surface area contributed by atoms with E-state index in [-0.39, 0.29) is 18.0 Å². The summed E-state index contributed by atoms with van der Waals surface area (Å²) in [6, 6.07) is 3.95. The molecule has 0 saturated carbocycles. The Hall–Kier alpha value is -1.13. The van der Waals surface area contributed by atoms with Crippen LogP contribution in [0.15, 0.2) is 12.1 Å². The third kappa shape index (κ3) is 2.21. The molecule has 20 heavy (non-hydrogen) atoms. The second kappa shape index (κ2) is 5.01. The predicted octanol–water partition coefficient (Wildman–Crippen LogP) is 1.88. The summed E-state index contributed by atoms with van der Waals surface area (Å²) in [4.78, 5) is 2.30. The van der Waals surface area contributed by atoms with Gasteiger partial charge in [0.1, 0.15) is 5.82 Å². The van der Waals surface area contributed by atoms with Gasteiger partial charge in [-0.05, 0) is 48.9 Å². The molecule has 2 fully saturated rings. The molecule has 3 nitrogen and oxygen atoms in total. The topological polar surface area (TPSA) is 24.5 Å². The van der Waals surface area contributed by atoms with Crippen molar-refractivity contribution in [3.05, 3.63) is 29.1 Å². The lowest BCUT2D eigenvalue weighted by atomic mass is 9.90. The number of hydrogen-bond donors (Lipinski definition) is 1. The Kier molecular flexibility index (Phi) is 3.15. The van der Waals surface area contributed by atoms with Gasteiger partial charge in [0.2, 0.25) is 0 Å². The van der Waals surface area contributed by atoms with Crippen molar-refractivity contribution in [2.45, 2.75) is 37.9 Å². The number of fused-ring (bicyclic) bond motifs is 3. The molecule has 0 radical (unpaired) electrons. The second-order valence-electron chi connectivity index (χ2n) is 6.22. The van der Waals surface area contributed by atoms with Crippen molar-refractivity contribution in [3.63, 3.8) is 0 Å². The van der Waals surface area contributed by atoms with Gasteiger partial charge in [-0.25, -0.2) is 4.39 Å². The fourth-order valence-corrected chi connectivity index (χ4v) is 3.75. The Morgan fingerprint density at radius 3 is 2.65 bits per heavy atom. The normalized spacial score (nSPS) is 29.1. The fourth-order valence-electron chi connectivity index (χ4n) is 3.75. The summed E-state index contributed by atoms with van der Waals surface area (Å²) >= 11 is 0. The number of benzene rings is 1. The summed E-state index contributed by atoms with van der Waals surface area (Å²) in [6.07, 6.45) is 4.71. The van der Waals surface area contributed by atoms with Crippen LogP contribution in [0.1, 0.15) is 24.0 Å². The predicted molar refractivity (Wildman–Crippen MR) is 76.8 cm³/mol. The van der Waals surface area contributed by atoms with E-state index in [0.29, 0.717) is 0 Å². The van der Waals surface area contributed by atoms with Gasteiger partial charge in [0, 0.05) is 31.9 Å². The molecule has 2 bridgehead atoms. The zero-order chi connectivity index (χ0) is 13.5. The molecule has 2 atom stereocenters. The molecule has 108 valence electrons. The number of aryl methyl sites for hydroxylation is 1. The minimum atomic E-state index is -0.00743. The van der Waals surface area contributed by atoms with Gasteiger partial charge in [0.15, 0.2) is 0 Å². The molecule has 3 aliphatic rings. The Labute approximate surface area is 119 Å². The van der Waals surface area contributed by atoms with Crippen LogP contribution in [0.5, 0.6) is 0 Å². The number of hydrogen-bond acceptors (Lipinski definition) is 3. The number of morpholine rings is 2. The van der Waals surface area contributed by atoms with Crippen molar-refractivity contribution in [1.82, 2.24) is 5.32 Å². The maximum absolute atomic E-state index is 14.3. The van der Waals surface area contributed by atoms with Gasteiger partial charge in [-0.3, -0.25) is 0 Å². The second-order valence-corrected chi connectivity index (χ2v) is 6.22. The quantitative estimate of drug-likeness (QED) is 0.847. The van der Waals surface area contributed by atoms with E-state index in [9.17, 15) is 4.39 Å². The van der Waals surface area contributed by atoms with Gasteiger partial charge in [0.05, 0.1) is 12.2 Å². The zero-order valence-electron chi connectivity index (χ0n) is 11.7. The van der Waals surface area contributed by atoms with Crippen molar-refractivity contribution in [1.29, 1.82) is 0 Å². The minimum absolute atomic E-state index is 0.00743. The number of halogens is 1. The van der Waals surface area contributed by atoms with Crippen LogP contribution in [-0.2, 0) is 17.6 Å².